The number of aliphatic hydroxyl groups is 1. The molecule has 0 amide bonds. The van der Waals surface area contributed by atoms with Crippen LogP contribution in [0.1, 0.15) is 12.8 Å². The van der Waals surface area contributed by atoms with Gasteiger partial charge in [-0.05, 0) is 0 Å². The van der Waals surface area contributed by atoms with Gasteiger partial charge in [-0.25, -0.2) is 0 Å². The van der Waals surface area contributed by atoms with E-state index in [9.17, 15) is 9.46 Å². The highest BCUT2D eigenvalue weighted by Crippen LogP contribution is 2.37. The van der Waals surface area contributed by atoms with Crippen LogP contribution in [0, 0.1) is 0 Å². The fourth-order valence-corrected chi connectivity index (χ4v) is 2.79. The van der Waals surface area contributed by atoms with Gasteiger partial charge in [0, 0.05) is 12.8 Å². The van der Waals surface area contributed by atoms with Crippen LogP contribution >= 0.6 is 7.82 Å². The van der Waals surface area contributed by atoms with Crippen molar-refractivity contribution < 1.29 is 32.8 Å². The molecule has 1 rings (SSSR count). The molecule has 0 aromatic rings. The predicted octanol–water partition coefficient (Wildman–Crippen LogP) is -0.263. The molecule has 19 heavy (non-hydrogen) atoms. The van der Waals surface area contributed by atoms with Crippen LogP contribution in [0.25, 0.3) is 0 Å². The summed E-state index contributed by atoms with van der Waals surface area (Å²) in [6, 6.07) is 0. The average molecular weight is 297 g/mol. The first-order chi connectivity index (χ1) is 8.97. The molecule has 0 aromatic carbocycles. The Morgan fingerprint density at radius 2 is 1.79 bits per heavy atom. The molecule has 0 aromatic heterocycles. The minimum Gasteiger partial charge on any atom is -0.756 e. The highest BCUT2D eigenvalue weighted by Gasteiger charge is 2.26. The molecular weight excluding hydrogens is 273 g/mol. The quantitative estimate of drug-likeness (QED) is 0.339. The predicted molar refractivity (Wildman–Crippen MR) is 67.4 cm³/mol. The first-order valence-corrected chi connectivity index (χ1v) is 8.06. The summed E-state index contributed by atoms with van der Waals surface area (Å²) in [5.41, 5.74) is 0. The van der Waals surface area contributed by atoms with Gasteiger partial charge < -0.3 is 28.3 Å². The van der Waals surface area contributed by atoms with Crippen molar-refractivity contribution in [3.05, 3.63) is 0 Å². The van der Waals surface area contributed by atoms with Crippen molar-refractivity contribution in [2.45, 2.75) is 12.8 Å². The number of quaternary nitrogens is 1. The summed E-state index contributed by atoms with van der Waals surface area (Å²) in [7, 11) is -2.12. The van der Waals surface area contributed by atoms with Crippen molar-refractivity contribution in [1.29, 1.82) is 0 Å². The fraction of sp³-hybridized carbons (Fsp3) is 1.00. The maximum atomic E-state index is 11.4. The van der Waals surface area contributed by atoms with Gasteiger partial charge in [-0.3, -0.25) is 4.57 Å². The number of phosphoric acid groups is 1. The number of ether oxygens (including phenoxy) is 1. The fourth-order valence-electron chi connectivity index (χ4n) is 2.11. The average Bonchev–Trinajstić information content (AvgIpc) is 2.75. The van der Waals surface area contributed by atoms with Gasteiger partial charge in [-0.15, -0.1) is 0 Å². The highest BCUT2D eigenvalue weighted by molar-refractivity contribution is 7.45. The van der Waals surface area contributed by atoms with E-state index in [1.54, 1.807) is 0 Å². The summed E-state index contributed by atoms with van der Waals surface area (Å²) in [6.45, 7) is 3.07. The van der Waals surface area contributed by atoms with E-state index in [1.807, 2.05) is 0 Å². The Morgan fingerprint density at radius 3 is 2.42 bits per heavy atom. The first kappa shape index (κ1) is 17.0. The van der Waals surface area contributed by atoms with Gasteiger partial charge in [0.25, 0.3) is 7.82 Å². The molecule has 0 saturated carbocycles. The molecule has 1 unspecified atom stereocenters. The lowest BCUT2D eigenvalue weighted by Gasteiger charge is -2.30. The maximum Gasteiger partial charge on any atom is 0.268 e. The Hall–Kier alpha value is -0.0100. The van der Waals surface area contributed by atoms with Crippen LogP contribution in [0.4, 0.5) is 0 Å². The molecule has 1 fully saturated rings. The topological polar surface area (TPSA) is 88.1 Å². The number of nitrogens with zero attached hydrogens (tertiary/aromatic N) is 1. The second kappa shape index (κ2) is 8.32. The van der Waals surface area contributed by atoms with Crippen molar-refractivity contribution in [1.82, 2.24) is 0 Å². The third kappa shape index (κ3) is 7.37. The molecule has 1 aliphatic rings. The summed E-state index contributed by atoms with van der Waals surface area (Å²) in [5, 5.41) is 8.46. The molecule has 1 heterocycles. The molecule has 0 spiro atoms. The van der Waals surface area contributed by atoms with Gasteiger partial charge in [0.2, 0.25) is 0 Å². The smallest absolute Gasteiger partial charge is 0.268 e. The third-order valence-corrected chi connectivity index (χ3v) is 4.24. The Morgan fingerprint density at radius 1 is 1.16 bits per heavy atom. The summed E-state index contributed by atoms with van der Waals surface area (Å²) < 4.78 is 26.6. The number of phosphoric ester groups is 1. The molecule has 7 nitrogen and oxygen atoms in total. The van der Waals surface area contributed by atoms with Gasteiger partial charge in [-0.1, -0.05) is 0 Å². The zero-order chi connectivity index (χ0) is 14.2. The molecular formula is C11H24NO6P. The van der Waals surface area contributed by atoms with E-state index in [0.717, 1.165) is 17.6 Å². The summed E-state index contributed by atoms with van der Waals surface area (Å²) in [6.07, 6.45) is 2.37. The van der Waals surface area contributed by atoms with E-state index >= 15 is 0 Å². The molecule has 114 valence electrons. The largest absolute Gasteiger partial charge is 0.756 e. The lowest BCUT2D eigenvalue weighted by atomic mass is 10.4. The van der Waals surface area contributed by atoms with Crippen molar-refractivity contribution in [3.8, 4) is 0 Å². The van der Waals surface area contributed by atoms with Crippen LogP contribution in [-0.4, -0.2) is 69.3 Å². The van der Waals surface area contributed by atoms with Crippen molar-refractivity contribution in [3.63, 3.8) is 0 Å². The molecule has 1 N–H and O–H groups in total. The van der Waals surface area contributed by atoms with Crippen LogP contribution in [-0.2, 0) is 18.3 Å². The van der Waals surface area contributed by atoms with E-state index in [1.165, 1.54) is 12.8 Å². The van der Waals surface area contributed by atoms with Crippen LogP contribution in [0.2, 0.25) is 0 Å². The molecule has 8 heteroatoms. The Bertz CT molecular complexity index is 295. The van der Waals surface area contributed by atoms with Crippen LogP contribution in [0.5, 0.6) is 0 Å². The Kier molecular flexibility index (Phi) is 7.46. The SMILES string of the molecule is C[N+]1(CCOP(=O)([O-])OCCOCCO)CCCC1. The Labute approximate surface area is 114 Å². The van der Waals surface area contributed by atoms with Gasteiger partial charge in [0.15, 0.2) is 0 Å². The summed E-state index contributed by atoms with van der Waals surface area (Å²) in [4.78, 5) is 11.4. The molecule has 1 aliphatic heterocycles. The summed E-state index contributed by atoms with van der Waals surface area (Å²) in [5.74, 6) is 0. The second-order valence-electron chi connectivity index (χ2n) is 4.95. The van der Waals surface area contributed by atoms with E-state index in [4.69, 9.17) is 14.4 Å². The zero-order valence-electron chi connectivity index (χ0n) is 11.5. The number of likely N-dealkylation sites (tertiary alicyclic amines) is 1. The van der Waals surface area contributed by atoms with Crippen LogP contribution < -0.4 is 4.89 Å². The monoisotopic (exact) mass is 297 g/mol. The zero-order valence-corrected chi connectivity index (χ0v) is 12.3. The summed E-state index contributed by atoms with van der Waals surface area (Å²) >= 11 is 0. The highest BCUT2D eigenvalue weighted by atomic mass is 31.2. The van der Waals surface area contributed by atoms with Gasteiger partial charge in [0.05, 0.1) is 46.6 Å². The third-order valence-electron chi connectivity index (χ3n) is 3.24. The van der Waals surface area contributed by atoms with Gasteiger partial charge >= 0.3 is 0 Å². The second-order valence-corrected chi connectivity index (χ2v) is 6.36. The maximum absolute atomic E-state index is 11.4. The van der Waals surface area contributed by atoms with Crippen LogP contribution in [0.15, 0.2) is 0 Å². The van der Waals surface area contributed by atoms with E-state index in [2.05, 4.69) is 11.6 Å². The number of rotatable bonds is 10. The van der Waals surface area contributed by atoms with Crippen molar-refractivity contribution >= 4 is 7.82 Å². The number of hydrogen-bond acceptors (Lipinski definition) is 6. The molecule has 0 radical (unpaired) electrons. The normalized spacial score (nSPS) is 21.4. The standard InChI is InChI=1S/C11H24NO6P/c1-12(4-2-3-5-12)6-8-17-19(14,15)18-11-10-16-9-7-13/h13H,2-11H2,1H3. The molecule has 1 atom stereocenters. The van der Waals surface area contributed by atoms with Gasteiger partial charge in [0.1, 0.15) is 13.2 Å². The van der Waals surface area contributed by atoms with Crippen molar-refractivity contribution in [2.75, 3.05) is 59.7 Å². The van der Waals surface area contributed by atoms with Gasteiger partial charge in [-0.2, -0.15) is 0 Å². The van der Waals surface area contributed by atoms with E-state index in [-0.39, 0.29) is 33.0 Å². The number of aliphatic hydroxyl groups excluding tert-OH is 1. The lowest BCUT2D eigenvalue weighted by Crippen LogP contribution is -2.43. The molecule has 1 saturated heterocycles. The Balaban J connectivity index is 2.10. The van der Waals surface area contributed by atoms with E-state index < -0.39 is 7.82 Å². The molecule has 0 bridgehead atoms. The minimum atomic E-state index is -4.23. The van der Waals surface area contributed by atoms with Crippen LogP contribution in [0.3, 0.4) is 0 Å². The van der Waals surface area contributed by atoms with Crippen molar-refractivity contribution in [2.24, 2.45) is 0 Å². The number of hydrogen-bond donors (Lipinski definition) is 1. The lowest BCUT2D eigenvalue weighted by molar-refractivity contribution is -0.897. The first-order valence-electron chi connectivity index (χ1n) is 6.60. The van der Waals surface area contributed by atoms with E-state index in [0.29, 0.717) is 6.54 Å². The number of likely N-dealkylation sites (N-methyl/N-ethyl adjacent to an activating group) is 1. The molecule has 0 aliphatic carbocycles. The minimum absolute atomic E-state index is 0.0904.